The molecule has 1 heterocycles. The quantitative estimate of drug-likeness (QED) is 0.735. The Labute approximate surface area is 127 Å². The number of nitrogens with one attached hydrogen (secondary N) is 1. The Balaban J connectivity index is 1.79. The van der Waals surface area contributed by atoms with Crippen molar-refractivity contribution in [1.82, 2.24) is 15.1 Å². The molecule has 0 aromatic rings. The number of rotatable bonds is 5. The highest BCUT2D eigenvalue weighted by Crippen LogP contribution is 2.19. The highest BCUT2D eigenvalue weighted by molar-refractivity contribution is 5.83. The van der Waals surface area contributed by atoms with Gasteiger partial charge in [-0.1, -0.05) is 13.8 Å². The third-order valence-electron chi connectivity index (χ3n) is 4.48. The molecular formula is C15H28N4O2. The fourth-order valence-corrected chi connectivity index (χ4v) is 2.54. The highest BCUT2D eigenvalue weighted by atomic mass is 16.2. The second-order valence-electron chi connectivity index (χ2n) is 6.59. The van der Waals surface area contributed by atoms with Crippen LogP contribution in [0.15, 0.2) is 0 Å². The molecule has 2 atom stereocenters. The molecule has 3 N–H and O–H groups in total. The smallest absolute Gasteiger partial charge is 0.239 e. The molecule has 0 bridgehead atoms. The van der Waals surface area contributed by atoms with Crippen LogP contribution in [-0.2, 0) is 9.59 Å². The number of piperazine rings is 1. The van der Waals surface area contributed by atoms with Crippen LogP contribution in [0.1, 0.15) is 33.6 Å². The van der Waals surface area contributed by atoms with Crippen LogP contribution in [-0.4, -0.2) is 65.9 Å². The minimum Gasteiger partial charge on any atom is -0.352 e. The number of hydrogen-bond donors (Lipinski definition) is 2. The van der Waals surface area contributed by atoms with Gasteiger partial charge in [0.05, 0.1) is 12.1 Å². The molecule has 21 heavy (non-hydrogen) atoms. The molecule has 2 amide bonds. The lowest BCUT2D eigenvalue weighted by molar-refractivity contribution is -0.136. The van der Waals surface area contributed by atoms with Crippen LogP contribution in [0, 0.1) is 5.92 Å². The van der Waals surface area contributed by atoms with Crippen molar-refractivity contribution in [2.75, 3.05) is 26.2 Å². The molecule has 0 spiro atoms. The standard InChI is InChI=1S/C15H28N4O2/c1-10(2)13(16)15(21)19-8-6-18(7-9-19)11(3)14(20)17-12-4-5-12/h10-13H,4-9,16H2,1-3H3,(H,17,20)/t11?,13-/m0/s1. The van der Waals surface area contributed by atoms with Gasteiger partial charge in [0, 0.05) is 32.2 Å². The van der Waals surface area contributed by atoms with Gasteiger partial charge in [-0.25, -0.2) is 0 Å². The van der Waals surface area contributed by atoms with E-state index in [4.69, 9.17) is 5.73 Å². The number of carbonyl (C=O) groups excluding carboxylic acids is 2. The number of amides is 2. The first-order valence-electron chi connectivity index (χ1n) is 7.99. The summed E-state index contributed by atoms with van der Waals surface area (Å²) < 4.78 is 0. The van der Waals surface area contributed by atoms with E-state index in [-0.39, 0.29) is 23.8 Å². The molecule has 1 aliphatic carbocycles. The van der Waals surface area contributed by atoms with Gasteiger partial charge in [0.25, 0.3) is 0 Å². The van der Waals surface area contributed by atoms with E-state index in [2.05, 4.69) is 10.2 Å². The van der Waals surface area contributed by atoms with E-state index in [1.54, 1.807) is 0 Å². The Morgan fingerprint density at radius 3 is 2.14 bits per heavy atom. The van der Waals surface area contributed by atoms with Crippen molar-refractivity contribution in [3.8, 4) is 0 Å². The van der Waals surface area contributed by atoms with Crippen LogP contribution in [0.3, 0.4) is 0 Å². The zero-order chi connectivity index (χ0) is 15.6. The zero-order valence-corrected chi connectivity index (χ0v) is 13.3. The van der Waals surface area contributed by atoms with Crippen LogP contribution in [0.5, 0.6) is 0 Å². The normalized spacial score (nSPS) is 23.0. The minimum absolute atomic E-state index is 0.0275. The van der Waals surface area contributed by atoms with Crippen molar-refractivity contribution >= 4 is 11.8 Å². The van der Waals surface area contributed by atoms with Gasteiger partial charge in [-0.15, -0.1) is 0 Å². The molecule has 0 aromatic heterocycles. The molecule has 6 nitrogen and oxygen atoms in total. The molecule has 1 saturated carbocycles. The number of hydrogen-bond acceptors (Lipinski definition) is 4. The van der Waals surface area contributed by atoms with E-state index < -0.39 is 6.04 Å². The maximum Gasteiger partial charge on any atom is 0.239 e. The fourth-order valence-electron chi connectivity index (χ4n) is 2.54. The van der Waals surface area contributed by atoms with Crippen molar-refractivity contribution in [3.05, 3.63) is 0 Å². The summed E-state index contributed by atoms with van der Waals surface area (Å²) in [7, 11) is 0. The summed E-state index contributed by atoms with van der Waals surface area (Å²) >= 11 is 0. The summed E-state index contributed by atoms with van der Waals surface area (Å²) in [5, 5.41) is 3.04. The van der Waals surface area contributed by atoms with Gasteiger partial charge >= 0.3 is 0 Å². The average Bonchev–Trinajstić information content (AvgIpc) is 3.28. The van der Waals surface area contributed by atoms with E-state index in [0.717, 1.165) is 25.9 Å². The van der Waals surface area contributed by atoms with Crippen molar-refractivity contribution in [3.63, 3.8) is 0 Å². The zero-order valence-electron chi connectivity index (χ0n) is 13.3. The molecule has 1 aliphatic heterocycles. The topological polar surface area (TPSA) is 78.7 Å². The molecule has 2 rings (SSSR count). The van der Waals surface area contributed by atoms with Crippen LogP contribution < -0.4 is 11.1 Å². The molecule has 2 fully saturated rings. The summed E-state index contributed by atoms with van der Waals surface area (Å²) in [5.74, 6) is 0.287. The van der Waals surface area contributed by atoms with E-state index in [1.165, 1.54) is 0 Å². The first-order valence-corrected chi connectivity index (χ1v) is 7.99. The lowest BCUT2D eigenvalue weighted by Gasteiger charge is -2.38. The number of nitrogens with zero attached hydrogens (tertiary/aromatic N) is 2. The Morgan fingerprint density at radius 1 is 1.10 bits per heavy atom. The lowest BCUT2D eigenvalue weighted by atomic mass is 10.0. The number of carbonyl (C=O) groups is 2. The Bertz CT molecular complexity index is 387. The summed E-state index contributed by atoms with van der Waals surface area (Å²) in [6, 6.07) is -0.152. The second-order valence-corrected chi connectivity index (χ2v) is 6.59. The highest BCUT2D eigenvalue weighted by Gasteiger charge is 2.32. The molecule has 0 aromatic carbocycles. The molecule has 120 valence electrons. The van der Waals surface area contributed by atoms with E-state index >= 15 is 0 Å². The third-order valence-corrected chi connectivity index (χ3v) is 4.48. The van der Waals surface area contributed by atoms with Gasteiger partial charge in [-0.2, -0.15) is 0 Å². The molecule has 2 aliphatic rings. The van der Waals surface area contributed by atoms with Gasteiger partial charge in [0.2, 0.25) is 11.8 Å². The molecule has 0 radical (unpaired) electrons. The van der Waals surface area contributed by atoms with Crippen molar-refractivity contribution < 1.29 is 9.59 Å². The lowest BCUT2D eigenvalue weighted by Crippen LogP contribution is -2.57. The van der Waals surface area contributed by atoms with Crippen molar-refractivity contribution in [2.45, 2.75) is 51.7 Å². The van der Waals surface area contributed by atoms with Gasteiger partial charge < -0.3 is 16.0 Å². The maximum absolute atomic E-state index is 12.2. The van der Waals surface area contributed by atoms with Crippen LogP contribution in [0.25, 0.3) is 0 Å². The maximum atomic E-state index is 12.2. The van der Waals surface area contributed by atoms with E-state index in [0.29, 0.717) is 19.1 Å². The van der Waals surface area contributed by atoms with E-state index in [9.17, 15) is 9.59 Å². The van der Waals surface area contributed by atoms with Gasteiger partial charge in [0.15, 0.2) is 0 Å². The average molecular weight is 296 g/mol. The Hall–Kier alpha value is -1.14. The monoisotopic (exact) mass is 296 g/mol. The minimum atomic E-state index is -0.424. The summed E-state index contributed by atoms with van der Waals surface area (Å²) in [4.78, 5) is 28.2. The third kappa shape index (κ3) is 4.17. The van der Waals surface area contributed by atoms with Crippen molar-refractivity contribution in [1.29, 1.82) is 0 Å². The Kier molecular flexibility index (Phi) is 5.22. The summed E-state index contributed by atoms with van der Waals surface area (Å²) in [5.41, 5.74) is 5.93. The Morgan fingerprint density at radius 2 is 1.67 bits per heavy atom. The van der Waals surface area contributed by atoms with Crippen LogP contribution >= 0.6 is 0 Å². The summed E-state index contributed by atoms with van der Waals surface area (Å²) in [6.07, 6.45) is 2.21. The first kappa shape index (κ1) is 16.2. The first-order chi connectivity index (χ1) is 9.90. The molecular weight excluding hydrogens is 268 g/mol. The van der Waals surface area contributed by atoms with Gasteiger partial charge in [0.1, 0.15) is 0 Å². The predicted octanol–water partition coefficient (Wildman–Crippen LogP) is -0.219. The molecule has 6 heteroatoms. The number of nitrogens with two attached hydrogens (primary N) is 1. The summed E-state index contributed by atoms with van der Waals surface area (Å²) in [6.45, 7) is 8.63. The van der Waals surface area contributed by atoms with Crippen molar-refractivity contribution in [2.24, 2.45) is 11.7 Å². The SMILES string of the molecule is CC(C)[C@H](N)C(=O)N1CCN(C(C)C(=O)NC2CC2)CC1. The molecule has 1 saturated heterocycles. The van der Waals surface area contributed by atoms with Crippen LogP contribution in [0.4, 0.5) is 0 Å². The fraction of sp³-hybridized carbons (Fsp3) is 0.867. The largest absolute Gasteiger partial charge is 0.352 e. The van der Waals surface area contributed by atoms with Gasteiger partial charge in [-0.3, -0.25) is 14.5 Å². The molecule has 1 unspecified atom stereocenters. The van der Waals surface area contributed by atoms with Crippen LogP contribution in [0.2, 0.25) is 0 Å². The predicted molar refractivity (Wildman–Crippen MR) is 81.6 cm³/mol. The second kappa shape index (κ2) is 6.75. The van der Waals surface area contributed by atoms with E-state index in [1.807, 2.05) is 25.7 Å². The van der Waals surface area contributed by atoms with Gasteiger partial charge in [-0.05, 0) is 25.7 Å².